The maximum Gasteiger partial charge on any atom is 0.343 e. The van der Waals surface area contributed by atoms with E-state index in [-0.39, 0.29) is 63.6 Å². The number of amides is 2. The molecule has 3 aromatic rings. The normalized spacial score (nSPS) is 21.8. The van der Waals surface area contributed by atoms with Crippen molar-refractivity contribution in [3.8, 4) is 5.75 Å². The van der Waals surface area contributed by atoms with E-state index in [2.05, 4.69) is 0 Å². The molecule has 0 spiro atoms. The fraction of sp³-hybridized carbons (Fsp3) is 0.194. The van der Waals surface area contributed by atoms with Crippen LogP contribution in [0.25, 0.3) is 0 Å². The van der Waals surface area contributed by atoms with E-state index in [4.69, 9.17) is 9.47 Å². The number of ketones is 1. The Kier molecular flexibility index (Phi) is 6.69. The van der Waals surface area contributed by atoms with Crippen molar-refractivity contribution in [2.24, 2.45) is 23.7 Å². The van der Waals surface area contributed by atoms with Crippen LogP contribution in [0.2, 0.25) is 0 Å². The molecule has 1 aliphatic heterocycles. The number of nitro benzene ring substituents is 1. The number of esters is 2. The highest BCUT2D eigenvalue weighted by Crippen LogP contribution is 2.53. The number of hydrogen-bond donors (Lipinski definition) is 0. The average Bonchev–Trinajstić information content (AvgIpc) is 3.69. The zero-order valence-corrected chi connectivity index (χ0v) is 21.9. The predicted molar refractivity (Wildman–Crippen MR) is 146 cm³/mol. The van der Waals surface area contributed by atoms with Crippen molar-refractivity contribution in [2.45, 2.75) is 6.42 Å². The Morgan fingerprint density at radius 1 is 0.810 bits per heavy atom. The van der Waals surface area contributed by atoms with Gasteiger partial charge in [-0.25, -0.2) is 9.59 Å². The van der Waals surface area contributed by atoms with Gasteiger partial charge in [0.05, 0.1) is 39.1 Å². The standard InChI is InChI=1S/C31H22N2O9/c34-24(23-3-1-2-4-25(23)42-31(38)18-9-13-22(14-10-18)33(39)40)16-41-30(37)17-7-11-21(12-8-17)32-28(35)26-19-5-6-20(15-19)27(26)29(32)36/h1-14,19-20,26-27H,15-16H2/t19-,20-,26-,27-/m0/s1. The van der Waals surface area contributed by atoms with E-state index in [1.165, 1.54) is 53.4 Å². The van der Waals surface area contributed by atoms with Crippen molar-refractivity contribution >= 4 is 40.9 Å². The molecule has 11 heteroatoms. The molecule has 1 saturated heterocycles. The first kappa shape index (κ1) is 26.8. The monoisotopic (exact) mass is 566 g/mol. The summed E-state index contributed by atoms with van der Waals surface area (Å²) in [4.78, 5) is 75.5. The van der Waals surface area contributed by atoms with E-state index in [1.54, 1.807) is 12.1 Å². The average molecular weight is 567 g/mol. The number of allylic oxidation sites excluding steroid dienone is 2. The quantitative estimate of drug-likeness (QED) is 0.0744. The SMILES string of the molecule is O=C(OCC(=O)c1ccccc1OC(=O)c1ccc([N+](=O)[O-])cc1)c1ccc(N2C(=O)[C@@H]3[C@@H](C2=O)[C@H]2C=C[C@H]3C2)cc1. The highest BCUT2D eigenvalue weighted by molar-refractivity contribution is 6.22. The molecule has 0 N–H and O–H groups in total. The summed E-state index contributed by atoms with van der Waals surface area (Å²) in [5, 5.41) is 10.8. The van der Waals surface area contributed by atoms with Crippen LogP contribution in [-0.2, 0) is 14.3 Å². The molecule has 0 aromatic heterocycles. The number of anilines is 1. The lowest BCUT2D eigenvalue weighted by Crippen LogP contribution is -2.32. The zero-order valence-electron chi connectivity index (χ0n) is 21.9. The van der Waals surface area contributed by atoms with E-state index in [0.29, 0.717) is 5.69 Å². The van der Waals surface area contributed by atoms with Gasteiger partial charge in [-0.3, -0.25) is 29.4 Å². The molecule has 0 unspecified atom stereocenters. The van der Waals surface area contributed by atoms with Gasteiger partial charge in [-0.15, -0.1) is 0 Å². The third kappa shape index (κ3) is 4.64. The third-order valence-electron chi connectivity index (χ3n) is 7.87. The Morgan fingerprint density at radius 3 is 2.00 bits per heavy atom. The fourth-order valence-electron chi connectivity index (χ4n) is 5.86. The van der Waals surface area contributed by atoms with Crippen molar-refractivity contribution in [1.29, 1.82) is 0 Å². The molecular formula is C31H22N2O9. The zero-order chi connectivity index (χ0) is 29.5. The molecule has 2 aliphatic carbocycles. The minimum Gasteiger partial charge on any atom is -0.454 e. The summed E-state index contributed by atoms with van der Waals surface area (Å²) in [5.74, 6) is -3.27. The van der Waals surface area contributed by atoms with Gasteiger partial charge in [-0.1, -0.05) is 24.3 Å². The van der Waals surface area contributed by atoms with Crippen LogP contribution in [0.15, 0.2) is 84.9 Å². The Bertz CT molecular complexity index is 1650. The van der Waals surface area contributed by atoms with Gasteiger partial charge in [0.15, 0.2) is 6.61 Å². The topological polar surface area (TPSA) is 150 Å². The van der Waals surface area contributed by atoms with Gasteiger partial charge in [0.1, 0.15) is 5.75 Å². The first-order valence-electron chi connectivity index (χ1n) is 13.1. The van der Waals surface area contributed by atoms with Gasteiger partial charge in [0.2, 0.25) is 17.6 Å². The van der Waals surface area contributed by atoms with Gasteiger partial charge in [0.25, 0.3) is 5.69 Å². The van der Waals surface area contributed by atoms with Crippen LogP contribution >= 0.6 is 0 Å². The number of carbonyl (C=O) groups excluding carboxylic acids is 5. The van der Waals surface area contributed by atoms with Crippen molar-refractivity contribution in [1.82, 2.24) is 0 Å². The van der Waals surface area contributed by atoms with Gasteiger partial charge >= 0.3 is 11.9 Å². The Morgan fingerprint density at radius 2 is 1.38 bits per heavy atom. The Hall–Kier alpha value is -5.45. The number of carbonyl (C=O) groups is 5. The molecule has 2 fully saturated rings. The second-order valence-electron chi connectivity index (χ2n) is 10.2. The van der Waals surface area contributed by atoms with E-state index in [9.17, 15) is 34.1 Å². The number of rotatable bonds is 8. The molecule has 1 heterocycles. The maximum absolute atomic E-state index is 13.0. The summed E-state index contributed by atoms with van der Waals surface area (Å²) >= 11 is 0. The number of nitrogens with zero attached hydrogens (tertiary/aromatic N) is 2. The third-order valence-corrected chi connectivity index (χ3v) is 7.87. The Balaban J connectivity index is 1.08. The smallest absolute Gasteiger partial charge is 0.343 e. The number of para-hydroxylation sites is 1. The molecule has 11 nitrogen and oxygen atoms in total. The largest absolute Gasteiger partial charge is 0.454 e. The lowest BCUT2D eigenvalue weighted by Gasteiger charge is -2.17. The first-order chi connectivity index (χ1) is 20.2. The molecule has 1 saturated carbocycles. The summed E-state index contributed by atoms with van der Waals surface area (Å²) in [6, 6.07) is 16.5. The lowest BCUT2D eigenvalue weighted by atomic mass is 9.85. The summed E-state index contributed by atoms with van der Waals surface area (Å²) in [7, 11) is 0. The van der Waals surface area contributed by atoms with Gasteiger partial charge in [-0.05, 0) is 66.8 Å². The van der Waals surface area contributed by atoms with E-state index >= 15 is 0 Å². The summed E-state index contributed by atoms with van der Waals surface area (Å²) in [5.41, 5.74) is 0.335. The van der Waals surface area contributed by atoms with Crippen molar-refractivity contribution in [3.63, 3.8) is 0 Å². The molecule has 6 rings (SSSR count). The molecule has 3 aromatic carbocycles. The molecule has 0 radical (unpaired) electrons. The van der Waals surface area contributed by atoms with Crippen LogP contribution in [0, 0.1) is 33.8 Å². The number of ether oxygens (including phenoxy) is 2. The molecule has 2 bridgehead atoms. The van der Waals surface area contributed by atoms with Crippen molar-refractivity contribution < 1.29 is 38.4 Å². The first-order valence-corrected chi connectivity index (χ1v) is 13.1. The summed E-state index contributed by atoms with van der Waals surface area (Å²) in [6.45, 7) is -0.644. The number of benzene rings is 3. The summed E-state index contributed by atoms with van der Waals surface area (Å²) in [6.07, 6.45) is 4.86. The summed E-state index contributed by atoms with van der Waals surface area (Å²) < 4.78 is 10.5. The van der Waals surface area contributed by atoms with Crippen molar-refractivity contribution in [3.05, 3.63) is 112 Å². The fourth-order valence-corrected chi connectivity index (χ4v) is 5.86. The minimum atomic E-state index is -0.829. The van der Waals surface area contributed by atoms with Crippen molar-refractivity contribution in [2.75, 3.05) is 11.5 Å². The highest BCUT2D eigenvalue weighted by atomic mass is 16.6. The second kappa shape index (κ2) is 10.5. The molecule has 210 valence electrons. The second-order valence-corrected chi connectivity index (χ2v) is 10.2. The van der Waals surface area contributed by atoms with E-state index < -0.39 is 29.3 Å². The molecular weight excluding hydrogens is 544 g/mol. The van der Waals surface area contributed by atoms with Crippen LogP contribution in [0.5, 0.6) is 5.75 Å². The van der Waals surface area contributed by atoms with E-state index in [0.717, 1.165) is 18.6 Å². The number of hydrogen-bond acceptors (Lipinski definition) is 9. The molecule has 2 amide bonds. The van der Waals surface area contributed by atoms with Crippen LogP contribution < -0.4 is 9.64 Å². The number of fused-ring (bicyclic) bond motifs is 5. The van der Waals surface area contributed by atoms with Crippen LogP contribution in [-0.4, -0.2) is 41.1 Å². The number of imide groups is 1. The van der Waals surface area contributed by atoms with E-state index in [1.807, 2.05) is 12.2 Å². The van der Waals surface area contributed by atoms with Gasteiger partial charge in [-0.2, -0.15) is 0 Å². The molecule has 4 atom stereocenters. The number of nitro groups is 1. The minimum absolute atomic E-state index is 0.00373. The molecule has 3 aliphatic rings. The highest BCUT2D eigenvalue weighted by Gasteiger charge is 2.59. The van der Waals surface area contributed by atoms with Gasteiger partial charge < -0.3 is 9.47 Å². The lowest BCUT2D eigenvalue weighted by molar-refractivity contribution is -0.384. The van der Waals surface area contributed by atoms with Gasteiger partial charge in [0, 0.05) is 12.1 Å². The predicted octanol–water partition coefficient (Wildman–Crippen LogP) is 4.17. The van der Waals surface area contributed by atoms with Crippen LogP contribution in [0.4, 0.5) is 11.4 Å². The number of non-ortho nitro benzene ring substituents is 1. The number of Topliss-reactive ketones (excluding diaryl/α,β-unsaturated/α-hetero) is 1. The van der Waals surface area contributed by atoms with Crippen LogP contribution in [0.3, 0.4) is 0 Å². The molecule has 42 heavy (non-hydrogen) atoms. The van der Waals surface area contributed by atoms with Crippen LogP contribution in [0.1, 0.15) is 37.5 Å². The Labute approximate surface area is 238 Å². The maximum atomic E-state index is 13.0.